The van der Waals surface area contributed by atoms with Crippen LogP contribution in [-0.4, -0.2) is 40.8 Å². The highest BCUT2D eigenvalue weighted by Gasteiger charge is 2.21. The molecule has 1 aromatic carbocycles. The molecule has 0 aliphatic carbocycles. The number of Topliss-reactive ketones (excluding diaryl/α,β-unsaturated/α-hetero) is 1. The fraction of sp³-hybridized carbons (Fsp3) is 0.400. The molecule has 0 heterocycles. The Kier molecular flexibility index (Phi) is 6.94. The van der Waals surface area contributed by atoms with Crippen molar-refractivity contribution in [3.05, 3.63) is 35.4 Å². The van der Waals surface area contributed by atoms with E-state index in [1.807, 2.05) is 12.3 Å². The van der Waals surface area contributed by atoms with E-state index in [1.165, 1.54) is 11.8 Å². The first kappa shape index (κ1) is 17.2. The van der Waals surface area contributed by atoms with E-state index in [0.717, 1.165) is 5.56 Å². The van der Waals surface area contributed by atoms with Gasteiger partial charge in [-0.3, -0.25) is 9.59 Å². The van der Waals surface area contributed by atoms with Crippen molar-refractivity contribution < 1.29 is 19.5 Å². The molecule has 0 aliphatic heterocycles. The highest BCUT2D eigenvalue weighted by molar-refractivity contribution is 7.98. The van der Waals surface area contributed by atoms with Gasteiger partial charge in [-0.15, -0.1) is 0 Å². The van der Waals surface area contributed by atoms with Crippen LogP contribution in [0.2, 0.25) is 0 Å². The minimum Gasteiger partial charge on any atom is -0.480 e. The summed E-state index contributed by atoms with van der Waals surface area (Å²) in [4.78, 5) is 34.9. The standard InChI is InChI=1S/C15H19NO4S/c1-10-5-3-4-6-11(10)13(17)9-14(18)16-12(15(19)20)7-8-21-2/h3-6,12H,7-9H2,1-2H3,(H,16,18)(H,19,20). The number of rotatable bonds is 8. The average Bonchev–Trinajstić information content (AvgIpc) is 2.43. The zero-order valence-corrected chi connectivity index (χ0v) is 12.9. The second-order valence-corrected chi connectivity index (χ2v) is 5.64. The molecule has 114 valence electrons. The van der Waals surface area contributed by atoms with E-state index in [2.05, 4.69) is 5.32 Å². The average molecular weight is 309 g/mol. The molecule has 0 saturated carbocycles. The van der Waals surface area contributed by atoms with Crippen LogP contribution in [0.5, 0.6) is 0 Å². The van der Waals surface area contributed by atoms with Gasteiger partial charge in [0.15, 0.2) is 5.78 Å². The van der Waals surface area contributed by atoms with Crippen molar-refractivity contribution in [2.24, 2.45) is 0 Å². The molecule has 1 aromatic rings. The van der Waals surface area contributed by atoms with Gasteiger partial charge in [0, 0.05) is 5.56 Å². The van der Waals surface area contributed by atoms with E-state index in [9.17, 15) is 14.4 Å². The number of hydrogen-bond donors (Lipinski definition) is 2. The van der Waals surface area contributed by atoms with E-state index in [1.54, 1.807) is 25.1 Å². The first-order chi connectivity index (χ1) is 9.95. The normalized spacial score (nSPS) is 11.7. The summed E-state index contributed by atoms with van der Waals surface area (Å²) in [6.45, 7) is 1.80. The van der Waals surface area contributed by atoms with Crippen LogP contribution < -0.4 is 5.32 Å². The molecule has 0 fully saturated rings. The maximum absolute atomic E-state index is 12.0. The Hall–Kier alpha value is -1.82. The highest BCUT2D eigenvalue weighted by Crippen LogP contribution is 2.10. The summed E-state index contributed by atoms with van der Waals surface area (Å²) >= 11 is 1.51. The number of carbonyl (C=O) groups excluding carboxylic acids is 2. The topological polar surface area (TPSA) is 83.5 Å². The second-order valence-electron chi connectivity index (χ2n) is 4.65. The molecule has 0 spiro atoms. The van der Waals surface area contributed by atoms with Crippen LogP contribution in [0.25, 0.3) is 0 Å². The van der Waals surface area contributed by atoms with Crippen molar-refractivity contribution in [3.63, 3.8) is 0 Å². The molecule has 1 rings (SSSR count). The van der Waals surface area contributed by atoms with Crippen molar-refractivity contribution in [1.29, 1.82) is 0 Å². The first-order valence-electron chi connectivity index (χ1n) is 6.55. The molecule has 1 atom stereocenters. The van der Waals surface area contributed by atoms with Gasteiger partial charge in [0.05, 0.1) is 6.42 Å². The van der Waals surface area contributed by atoms with Gasteiger partial charge in [-0.1, -0.05) is 24.3 Å². The molecule has 6 heteroatoms. The number of aliphatic carboxylic acids is 1. The summed E-state index contributed by atoms with van der Waals surface area (Å²) < 4.78 is 0. The summed E-state index contributed by atoms with van der Waals surface area (Å²) in [6.07, 6.45) is 1.86. The minimum atomic E-state index is -1.08. The maximum Gasteiger partial charge on any atom is 0.326 e. The Morgan fingerprint density at radius 2 is 1.95 bits per heavy atom. The van der Waals surface area contributed by atoms with Crippen LogP contribution in [0.4, 0.5) is 0 Å². The molecular weight excluding hydrogens is 290 g/mol. The number of nitrogens with one attached hydrogen (secondary N) is 1. The zero-order chi connectivity index (χ0) is 15.8. The first-order valence-corrected chi connectivity index (χ1v) is 7.95. The summed E-state index contributed by atoms with van der Waals surface area (Å²) in [6, 6.07) is 6.05. The van der Waals surface area contributed by atoms with Crippen LogP contribution in [0.15, 0.2) is 24.3 Å². The molecule has 21 heavy (non-hydrogen) atoms. The predicted molar refractivity (Wildman–Crippen MR) is 82.7 cm³/mol. The fourth-order valence-electron chi connectivity index (χ4n) is 1.87. The van der Waals surface area contributed by atoms with Gasteiger partial charge < -0.3 is 10.4 Å². The van der Waals surface area contributed by atoms with E-state index >= 15 is 0 Å². The third-order valence-electron chi connectivity index (χ3n) is 3.01. The molecule has 0 radical (unpaired) electrons. The van der Waals surface area contributed by atoms with E-state index in [-0.39, 0.29) is 12.2 Å². The Labute approximate surface area is 128 Å². The lowest BCUT2D eigenvalue weighted by Gasteiger charge is -2.13. The van der Waals surface area contributed by atoms with Gasteiger partial charge in [0.2, 0.25) is 5.91 Å². The SMILES string of the molecule is CSCCC(NC(=O)CC(=O)c1ccccc1C)C(=O)O. The number of benzene rings is 1. The molecule has 1 amide bonds. The van der Waals surface area contributed by atoms with E-state index in [4.69, 9.17) is 5.11 Å². The Morgan fingerprint density at radius 1 is 1.29 bits per heavy atom. The molecule has 1 unspecified atom stereocenters. The Bertz CT molecular complexity index is 530. The van der Waals surface area contributed by atoms with Crippen LogP contribution in [0.1, 0.15) is 28.8 Å². The van der Waals surface area contributed by atoms with Gasteiger partial charge in [-0.2, -0.15) is 11.8 Å². The van der Waals surface area contributed by atoms with Gasteiger partial charge in [-0.05, 0) is 30.9 Å². The van der Waals surface area contributed by atoms with Gasteiger partial charge in [0.25, 0.3) is 0 Å². The summed E-state index contributed by atoms with van der Waals surface area (Å²) in [7, 11) is 0. The molecule has 0 aromatic heterocycles. The van der Waals surface area contributed by atoms with Crippen LogP contribution >= 0.6 is 11.8 Å². The lowest BCUT2D eigenvalue weighted by atomic mass is 10.0. The van der Waals surface area contributed by atoms with Crippen molar-refractivity contribution in [1.82, 2.24) is 5.32 Å². The smallest absolute Gasteiger partial charge is 0.326 e. The Balaban J connectivity index is 2.62. The third-order valence-corrected chi connectivity index (χ3v) is 3.65. The van der Waals surface area contributed by atoms with Crippen LogP contribution in [0, 0.1) is 6.92 Å². The number of carboxylic acids is 1. The van der Waals surface area contributed by atoms with E-state index < -0.39 is 17.9 Å². The molecule has 2 N–H and O–H groups in total. The minimum absolute atomic E-state index is 0.306. The third kappa shape index (κ3) is 5.59. The van der Waals surface area contributed by atoms with Gasteiger partial charge >= 0.3 is 5.97 Å². The number of carboxylic acid groups (broad SMARTS) is 1. The van der Waals surface area contributed by atoms with Crippen molar-refractivity contribution >= 4 is 29.4 Å². The monoisotopic (exact) mass is 309 g/mol. The number of amides is 1. The van der Waals surface area contributed by atoms with Crippen LogP contribution in [-0.2, 0) is 9.59 Å². The van der Waals surface area contributed by atoms with Crippen molar-refractivity contribution in [2.45, 2.75) is 25.8 Å². The number of hydrogen-bond acceptors (Lipinski definition) is 4. The largest absolute Gasteiger partial charge is 0.480 e. The van der Waals surface area contributed by atoms with Gasteiger partial charge in [-0.25, -0.2) is 4.79 Å². The van der Waals surface area contributed by atoms with E-state index in [0.29, 0.717) is 17.7 Å². The fourth-order valence-corrected chi connectivity index (χ4v) is 2.34. The van der Waals surface area contributed by atoms with Gasteiger partial charge in [0.1, 0.15) is 6.04 Å². The second kappa shape index (κ2) is 8.46. The highest BCUT2D eigenvalue weighted by atomic mass is 32.2. The van der Waals surface area contributed by atoms with Crippen molar-refractivity contribution in [3.8, 4) is 0 Å². The van der Waals surface area contributed by atoms with Crippen LogP contribution in [0.3, 0.4) is 0 Å². The number of thioether (sulfide) groups is 1. The van der Waals surface area contributed by atoms with Crippen molar-refractivity contribution in [2.75, 3.05) is 12.0 Å². The molecular formula is C15H19NO4S. The molecule has 5 nitrogen and oxygen atoms in total. The predicted octanol–water partition coefficient (Wildman–Crippen LogP) is 1.89. The number of aryl methyl sites for hydroxylation is 1. The lowest BCUT2D eigenvalue weighted by molar-refractivity contribution is -0.141. The number of ketones is 1. The molecule has 0 saturated heterocycles. The summed E-state index contributed by atoms with van der Waals surface area (Å²) in [5, 5.41) is 11.4. The summed E-state index contributed by atoms with van der Waals surface area (Å²) in [5.74, 6) is -1.32. The summed E-state index contributed by atoms with van der Waals surface area (Å²) in [5.41, 5.74) is 1.29. The molecule has 0 bridgehead atoms. The molecule has 0 aliphatic rings. The number of carbonyl (C=O) groups is 3. The maximum atomic E-state index is 12.0. The quantitative estimate of drug-likeness (QED) is 0.566. The Morgan fingerprint density at radius 3 is 2.52 bits per heavy atom. The lowest BCUT2D eigenvalue weighted by Crippen LogP contribution is -2.41. The zero-order valence-electron chi connectivity index (χ0n) is 12.1.